The van der Waals surface area contributed by atoms with Crippen LogP contribution in [0.1, 0.15) is 40.5 Å². The van der Waals surface area contributed by atoms with Gasteiger partial charge in [-0.05, 0) is 50.1 Å². The Bertz CT molecular complexity index is 1340. The number of rotatable bonds is 5. The van der Waals surface area contributed by atoms with E-state index >= 15 is 0 Å². The van der Waals surface area contributed by atoms with Gasteiger partial charge in [-0.25, -0.2) is 15.0 Å². The predicted molar refractivity (Wildman–Crippen MR) is 129 cm³/mol. The van der Waals surface area contributed by atoms with Crippen molar-refractivity contribution in [3.05, 3.63) is 65.7 Å². The summed E-state index contributed by atoms with van der Waals surface area (Å²) in [4.78, 5) is 29.5. The second-order valence-corrected chi connectivity index (χ2v) is 8.71. The number of pyridine rings is 3. The summed E-state index contributed by atoms with van der Waals surface area (Å²) in [6.45, 7) is 4.93. The summed E-state index contributed by atoms with van der Waals surface area (Å²) >= 11 is 0. The average Bonchev–Trinajstić information content (AvgIpc) is 3.68. The summed E-state index contributed by atoms with van der Waals surface area (Å²) < 4.78 is 7.14. The molecule has 1 aliphatic carbocycles. The van der Waals surface area contributed by atoms with E-state index in [4.69, 9.17) is 9.72 Å². The minimum Gasteiger partial charge on any atom is -0.378 e. The van der Waals surface area contributed by atoms with Gasteiger partial charge in [-0.3, -0.25) is 4.79 Å². The molecule has 1 amide bonds. The molecule has 4 aromatic rings. The summed E-state index contributed by atoms with van der Waals surface area (Å²) in [6.07, 6.45) is 5.60. The molecular weight excluding hydrogens is 430 g/mol. The van der Waals surface area contributed by atoms with Crippen molar-refractivity contribution in [3.63, 3.8) is 0 Å². The molecule has 0 bridgehead atoms. The van der Waals surface area contributed by atoms with Crippen LogP contribution in [0.2, 0.25) is 0 Å². The molecular formula is C25H25N7O2. The number of amides is 1. The number of nitrogens with zero attached hydrogens (tertiary/aromatic N) is 6. The number of nitrogens with one attached hydrogen (secondary N) is 1. The Hall–Kier alpha value is -3.85. The molecule has 0 spiro atoms. The third-order valence-electron chi connectivity index (χ3n) is 6.28. The first kappa shape index (κ1) is 20.7. The fourth-order valence-corrected chi connectivity index (χ4v) is 4.35. The standard InChI is InChI=1S/C25H25N7O2/c1-16-23-19(25(33)28-18-7-8-21(27-15-18)31-10-12-34-13-11-31)14-20(17-5-6-17)29-24(23)32(30-16)22-4-2-3-9-26-22/h2-4,7-9,14-15,17H,5-6,10-13H2,1H3,(H,28,33). The predicted octanol–water partition coefficient (Wildman–Crippen LogP) is 3.49. The normalized spacial score (nSPS) is 16.1. The molecule has 0 unspecified atom stereocenters. The van der Waals surface area contributed by atoms with Crippen molar-refractivity contribution in [2.45, 2.75) is 25.7 Å². The van der Waals surface area contributed by atoms with Crippen LogP contribution in [0.15, 0.2) is 48.8 Å². The highest BCUT2D eigenvalue weighted by molar-refractivity contribution is 6.12. The Balaban J connectivity index is 1.34. The van der Waals surface area contributed by atoms with E-state index < -0.39 is 0 Å². The number of hydrogen-bond acceptors (Lipinski definition) is 7. The Morgan fingerprint density at radius 3 is 2.65 bits per heavy atom. The molecule has 1 saturated heterocycles. The molecule has 0 radical (unpaired) electrons. The van der Waals surface area contributed by atoms with E-state index in [0.717, 1.165) is 48.5 Å². The van der Waals surface area contributed by atoms with Crippen molar-refractivity contribution < 1.29 is 9.53 Å². The number of aromatic nitrogens is 5. The number of aryl methyl sites for hydroxylation is 1. The van der Waals surface area contributed by atoms with E-state index in [1.54, 1.807) is 17.1 Å². The van der Waals surface area contributed by atoms with Crippen LogP contribution in [-0.2, 0) is 4.74 Å². The van der Waals surface area contributed by atoms with E-state index in [-0.39, 0.29) is 5.91 Å². The number of fused-ring (bicyclic) bond motifs is 1. The van der Waals surface area contributed by atoms with Gasteiger partial charge < -0.3 is 15.0 Å². The molecule has 1 saturated carbocycles. The Morgan fingerprint density at radius 1 is 1.09 bits per heavy atom. The molecule has 6 rings (SSSR count). The van der Waals surface area contributed by atoms with Crippen molar-refractivity contribution in [2.24, 2.45) is 0 Å². The van der Waals surface area contributed by atoms with Gasteiger partial charge in [0.05, 0.1) is 41.7 Å². The van der Waals surface area contributed by atoms with E-state index in [0.29, 0.717) is 41.8 Å². The lowest BCUT2D eigenvalue weighted by Gasteiger charge is -2.27. The summed E-state index contributed by atoms with van der Waals surface area (Å²) in [7, 11) is 0. The van der Waals surface area contributed by atoms with Crippen LogP contribution in [0, 0.1) is 6.92 Å². The molecule has 172 valence electrons. The lowest BCUT2D eigenvalue weighted by atomic mass is 10.1. The van der Waals surface area contributed by atoms with Gasteiger partial charge in [0.15, 0.2) is 11.5 Å². The van der Waals surface area contributed by atoms with Crippen LogP contribution < -0.4 is 10.2 Å². The van der Waals surface area contributed by atoms with Crippen molar-refractivity contribution >= 4 is 28.4 Å². The van der Waals surface area contributed by atoms with Crippen LogP contribution in [0.4, 0.5) is 11.5 Å². The summed E-state index contributed by atoms with van der Waals surface area (Å²) in [6, 6.07) is 11.4. The number of carbonyl (C=O) groups is 1. The van der Waals surface area contributed by atoms with Gasteiger partial charge in [0.1, 0.15) is 5.82 Å². The first-order chi connectivity index (χ1) is 16.7. The number of hydrogen-bond donors (Lipinski definition) is 1. The highest BCUT2D eigenvalue weighted by Gasteiger charge is 2.29. The monoisotopic (exact) mass is 455 g/mol. The van der Waals surface area contributed by atoms with Crippen molar-refractivity contribution in [1.29, 1.82) is 0 Å². The molecule has 1 aliphatic heterocycles. The SMILES string of the molecule is Cc1nn(-c2ccccn2)c2nc(C3CC3)cc(C(=O)Nc3ccc(N4CCOCC4)nc3)c12. The van der Waals surface area contributed by atoms with Crippen LogP contribution in [0.5, 0.6) is 0 Å². The lowest BCUT2D eigenvalue weighted by molar-refractivity contribution is 0.102. The van der Waals surface area contributed by atoms with Crippen LogP contribution in [-0.4, -0.2) is 56.9 Å². The second-order valence-electron chi connectivity index (χ2n) is 8.71. The molecule has 9 nitrogen and oxygen atoms in total. The van der Waals surface area contributed by atoms with Crippen LogP contribution in [0.25, 0.3) is 16.9 Å². The number of carbonyl (C=O) groups excluding carboxylic acids is 1. The third-order valence-corrected chi connectivity index (χ3v) is 6.28. The fourth-order valence-electron chi connectivity index (χ4n) is 4.35. The van der Waals surface area contributed by atoms with Gasteiger partial charge in [0.25, 0.3) is 5.91 Å². The maximum absolute atomic E-state index is 13.5. The molecule has 0 atom stereocenters. The molecule has 4 aromatic heterocycles. The van der Waals surface area contributed by atoms with Gasteiger partial charge in [0.2, 0.25) is 0 Å². The van der Waals surface area contributed by atoms with Gasteiger partial charge in [-0.2, -0.15) is 9.78 Å². The fraction of sp³-hybridized carbons (Fsp3) is 0.320. The van der Waals surface area contributed by atoms with Crippen molar-refractivity contribution in [3.8, 4) is 5.82 Å². The van der Waals surface area contributed by atoms with Gasteiger partial charge in [0, 0.05) is 30.9 Å². The first-order valence-electron chi connectivity index (χ1n) is 11.6. The van der Waals surface area contributed by atoms with Crippen LogP contribution in [0.3, 0.4) is 0 Å². The lowest BCUT2D eigenvalue weighted by Crippen LogP contribution is -2.36. The van der Waals surface area contributed by atoms with Gasteiger partial charge in [-0.15, -0.1) is 0 Å². The molecule has 2 fully saturated rings. The van der Waals surface area contributed by atoms with E-state index in [1.807, 2.05) is 43.3 Å². The minimum atomic E-state index is -0.195. The second kappa shape index (κ2) is 8.49. The summed E-state index contributed by atoms with van der Waals surface area (Å²) in [5, 5.41) is 8.44. The summed E-state index contributed by atoms with van der Waals surface area (Å²) in [5.41, 5.74) is 3.54. The van der Waals surface area contributed by atoms with Crippen molar-refractivity contribution in [2.75, 3.05) is 36.5 Å². The third kappa shape index (κ3) is 3.88. The Labute approximate surface area is 196 Å². The Morgan fingerprint density at radius 2 is 1.94 bits per heavy atom. The summed E-state index contributed by atoms with van der Waals surface area (Å²) in [5.74, 6) is 1.75. The zero-order chi connectivity index (χ0) is 23.1. The van der Waals surface area contributed by atoms with Crippen LogP contribution >= 0.6 is 0 Å². The zero-order valence-corrected chi connectivity index (χ0v) is 18.9. The topological polar surface area (TPSA) is 98.1 Å². The molecule has 0 aromatic carbocycles. The van der Waals surface area contributed by atoms with Crippen molar-refractivity contribution in [1.82, 2.24) is 24.7 Å². The molecule has 5 heterocycles. The van der Waals surface area contributed by atoms with E-state index in [9.17, 15) is 4.79 Å². The molecule has 2 aliphatic rings. The molecule has 34 heavy (non-hydrogen) atoms. The van der Waals surface area contributed by atoms with E-state index in [1.165, 1.54) is 0 Å². The largest absolute Gasteiger partial charge is 0.378 e. The Kier molecular flexibility index (Phi) is 5.18. The number of anilines is 2. The highest BCUT2D eigenvalue weighted by Crippen LogP contribution is 2.40. The first-order valence-corrected chi connectivity index (χ1v) is 11.6. The van der Waals surface area contributed by atoms with Gasteiger partial charge >= 0.3 is 0 Å². The highest BCUT2D eigenvalue weighted by atomic mass is 16.5. The average molecular weight is 456 g/mol. The minimum absolute atomic E-state index is 0.195. The number of morpholine rings is 1. The zero-order valence-electron chi connectivity index (χ0n) is 18.9. The smallest absolute Gasteiger partial charge is 0.256 e. The van der Waals surface area contributed by atoms with E-state index in [2.05, 4.69) is 25.3 Å². The molecule has 9 heteroatoms. The number of ether oxygens (including phenoxy) is 1. The quantitative estimate of drug-likeness (QED) is 0.492. The maximum atomic E-state index is 13.5. The maximum Gasteiger partial charge on any atom is 0.256 e. The van der Waals surface area contributed by atoms with Gasteiger partial charge in [-0.1, -0.05) is 6.07 Å². The molecule has 1 N–H and O–H groups in total.